The molecule has 2 fully saturated rings. The zero-order chi connectivity index (χ0) is 13.1. The molecule has 3 unspecified atom stereocenters. The van der Waals surface area contributed by atoms with Crippen LogP contribution in [0.25, 0.3) is 0 Å². The summed E-state index contributed by atoms with van der Waals surface area (Å²) in [5.41, 5.74) is 0. The van der Waals surface area contributed by atoms with Gasteiger partial charge in [0.25, 0.3) is 0 Å². The van der Waals surface area contributed by atoms with Gasteiger partial charge in [-0.25, -0.2) is 0 Å². The maximum absolute atomic E-state index is 13.6. The van der Waals surface area contributed by atoms with Crippen molar-refractivity contribution in [3.05, 3.63) is 0 Å². The normalized spacial score (nSPS) is 32.4. The second-order valence-corrected chi connectivity index (χ2v) is 6.36. The van der Waals surface area contributed by atoms with Crippen LogP contribution in [0.2, 0.25) is 0 Å². The van der Waals surface area contributed by atoms with E-state index in [4.69, 9.17) is 4.55 Å². The predicted octanol–water partition coefficient (Wildman–Crippen LogP) is -0.345. The van der Waals surface area contributed by atoms with Gasteiger partial charge in [-0.15, -0.1) is 0 Å². The van der Waals surface area contributed by atoms with Crippen molar-refractivity contribution in [3.63, 3.8) is 0 Å². The molecule has 102 valence electrons. The van der Waals surface area contributed by atoms with Crippen LogP contribution in [0, 0.1) is 17.8 Å². The molecule has 0 aromatic carbocycles. The molecule has 0 spiro atoms. The Balaban J connectivity index is 0.00000162. The summed E-state index contributed by atoms with van der Waals surface area (Å²) in [5.74, 6) is -6.95. The quantitative estimate of drug-likeness (QED) is 0.440. The molecular formula is C9H13F4NaO3S. The Bertz CT molecular complexity index is 431. The van der Waals surface area contributed by atoms with E-state index < -0.39 is 33.1 Å². The summed E-state index contributed by atoms with van der Waals surface area (Å²) in [6.45, 7) is 0. The molecule has 2 rings (SSSR count). The van der Waals surface area contributed by atoms with Gasteiger partial charge in [-0.2, -0.15) is 26.0 Å². The first-order chi connectivity index (χ1) is 7.57. The van der Waals surface area contributed by atoms with Crippen molar-refractivity contribution < 1.29 is 61.5 Å². The number of rotatable bonds is 3. The number of halogens is 4. The van der Waals surface area contributed by atoms with Crippen LogP contribution >= 0.6 is 0 Å². The maximum Gasteiger partial charge on any atom is 1.00 e. The predicted molar refractivity (Wildman–Crippen MR) is 51.5 cm³/mol. The van der Waals surface area contributed by atoms with Crippen molar-refractivity contribution in [2.75, 3.05) is 0 Å². The second kappa shape index (κ2) is 4.87. The second-order valence-electron chi connectivity index (χ2n) is 4.90. The van der Waals surface area contributed by atoms with Gasteiger partial charge in [0.1, 0.15) is 0 Å². The SMILES string of the molecule is O=S(=O)(O)C(F)(F)C(F)(F)C1CC2CCC1C2.[H-].[Na+]. The van der Waals surface area contributed by atoms with Crippen LogP contribution in [0.4, 0.5) is 17.6 Å². The van der Waals surface area contributed by atoms with Crippen LogP contribution in [-0.2, 0) is 10.1 Å². The maximum atomic E-state index is 13.6. The molecule has 3 nitrogen and oxygen atoms in total. The first-order valence-corrected chi connectivity index (χ1v) is 6.74. The molecule has 0 amide bonds. The molecule has 0 aromatic rings. The van der Waals surface area contributed by atoms with E-state index in [1.54, 1.807) is 0 Å². The van der Waals surface area contributed by atoms with Crippen molar-refractivity contribution in [2.24, 2.45) is 17.8 Å². The molecule has 0 radical (unpaired) electrons. The van der Waals surface area contributed by atoms with E-state index in [2.05, 4.69) is 0 Å². The summed E-state index contributed by atoms with van der Waals surface area (Å²) >= 11 is 0. The van der Waals surface area contributed by atoms with Crippen molar-refractivity contribution in [1.29, 1.82) is 0 Å². The number of alkyl halides is 4. The van der Waals surface area contributed by atoms with Crippen LogP contribution in [0.3, 0.4) is 0 Å². The molecule has 2 saturated carbocycles. The molecule has 0 aliphatic heterocycles. The van der Waals surface area contributed by atoms with Gasteiger partial charge >= 0.3 is 50.9 Å². The molecule has 3 atom stereocenters. The molecule has 18 heavy (non-hydrogen) atoms. The molecule has 2 aliphatic rings. The molecule has 2 aliphatic carbocycles. The minimum absolute atomic E-state index is 0. The average Bonchev–Trinajstić information content (AvgIpc) is 2.76. The average molecular weight is 300 g/mol. The van der Waals surface area contributed by atoms with Gasteiger partial charge in [0.2, 0.25) is 0 Å². The largest absolute Gasteiger partial charge is 1.00 e. The fourth-order valence-corrected chi connectivity index (χ4v) is 3.57. The Labute approximate surface area is 126 Å². The van der Waals surface area contributed by atoms with Crippen LogP contribution < -0.4 is 29.6 Å². The summed E-state index contributed by atoms with van der Waals surface area (Å²) in [4.78, 5) is 0. The third kappa shape index (κ3) is 2.34. The minimum Gasteiger partial charge on any atom is -1.00 e. The molecule has 1 N–H and O–H groups in total. The molecule has 0 aromatic heterocycles. The summed E-state index contributed by atoms with van der Waals surface area (Å²) < 4.78 is 82.4. The zero-order valence-corrected chi connectivity index (χ0v) is 12.6. The van der Waals surface area contributed by atoms with E-state index in [1.165, 1.54) is 0 Å². The van der Waals surface area contributed by atoms with Crippen LogP contribution in [0.5, 0.6) is 0 Å². The van der Waals surface area contributed by atoms with Gasteiger partial charge in [-0.05, 0) is 31.1 Å². The fraction of sp³-hybridized carbons (Fsp3) is 1.00. The first kappa shape index (κ1) is 16.7. The van der Waals surface area contributed by atoms with Crippen LogP contribution in [0.1, 0.15) is 27.1 Å². The Kier molecular flexibility index (Phi) is 4.52. The molecule has 9 heteroatoms. The number of hydrogen-bond donors (Lipinski definition) is 1. The van der Waals surface area contributed by atoms with Gasteiger partial charge in [-0.1, -0.05) is 6.42 Å². The van der Waals surface area contributed by atoms with Crippen LogP contribution in [-0.4, -0.2) is 24.1 Å². The standard InChI is InChI=1S/C9H12F4O3S.Na.H/c10-8(11,9(12,13)17(14,15)16)7-4-5-1-2-6(7)3-5;;/h5-7H,1-4H2,(H,14,15,16);;/q;+1;-1. The molecule has 2 bridgehead atoms. The Hall–Kier alpha value is 0.630. The summed E-state index contributed by atoms with van der Waals surface area (Å²) in [5, 5.41) is -5.41. The summed E-state index contributed by atoms with van der Waals surface area (Å²) in [6.07, 6.45) is 1.51. The van der Waals surface area contributed by atoms with Crippen molar-refractivity contribution in [1.82, 2.24) is 0 Å². The zero-order valence-electron chi connectivity index (χ0n) is 10.7. The van der Waals surface area contributed by atoms with Crippen molar-refractivity contribution in [2.45, 2.75) is 36.9 Å². The van der Waals surface area contributed by atoms with Crippen molar-refractivity contribution in [3.8, 4) is 0 Å². The molecule has 0 saturated heterocycles. The molecule has 0 heterocycles. The first-order valence-electron chi connectivity index (χ1n) is 5.30. The summed E-state index contributed by atoms with van der Waals surface area (Å²) in [6, 6.07) is 0. The van der Waals surface area contributed by atoms with Crippen molar-refractivity contribution >= 4 is 10.1 Å². The Morgan fingerprint density at radius 3 is 2.00 bits per heavy atom. The van der Waals surface area contributed by atoms with Gasteiger partial charge < -0.3 is 1.43 Å². The topological polar surface area (TPSA) is 54.4 Å². The minimum atomic E-state index is -6.10. The Morgan fingerprint density at radius 2 is 1.67 bits per heavy atom. The van der Waals surface area contributed by atoms with Gasteiger partial charge in [0.05, 0.1) is 0 Å². The fourth-order valence-electron chi connectivity index (χ4n) is 3.08. The van der Waals surface area contributed by atoms with E-state index in [0.717, 1.165) is 6.42 Å². The van der Waals surface area contributed by atoms with Crippen LogP contribution in [0.15, 0.2) is 0 Å². The van der Waals surface area contributed by atoms with Gasteiger partial charge in [0.15, 0.2) is 0 Å². The van der Waals surface area contributed by atoms with E-state index >= 15 is 0 Å². The molecular weight excluding hydrogens is 287 g/mol. The van der Waals surface area contributed by atoms with E-state index in [0.29, 0.717) is 12.8 Å². The Morgan fingerprint density at radius 1 is 1.11 bits per heavy atom. The monoisotopic (exact) mass is 300 g/mol. The number of hydrogen-bond acceptors (Lipinski definition) is 2. The number of fused-ring (bicyclic) bond motifs is 2. The van der Waals surface area contributed by atoms with Gasteiger partial charge in [0, 0.05) is 5.92 Å². The van der Waals surface area contributed by atoms with Gasteiger partial charge in [-0.3, -0.25) is 4.55 Å². The third-order valence-corrected chi connectivity index (χ3v) is 4.84. The van der Waals surface area contributed by atoms with E-state index in [9.17, 15) is 26.0 Å². The van der Waals surface area contributed by atoms with E-state index in [1.807, 2.05) is 0 Å². The summed E-state index contributed by atoms with van der Waals surface area (Å²) in [7, 11) is -6.10. The third-order valence-electron chi connectivity index (χ3n) is 3.92. The van der Waals surface area contributed by atoms with E-state index in [-0.39, 0.29) is 43.3 Å². The smallest absolute Gasteiger partial charge is 1.00 e.